The fraction of sp³-hybridized carbons (Fsp3) is 0.579. The van der Waals surface area contributed by atoms with Gasteiger partial charge in [0.25, 0.3) is 5.91 Å². The predicted molar refractivity (Wildman–Crippen MR) is 109 cm³/mol. The molecule has 0 radical (unpaired) electrons. The summed E-state index contributed by atoms with van der Waals surface area (Å²) in [7, 11) is 1.59. The fourth-order valence-corrected chi connectivity index (χ4v) is 4.00. The third kappa shape index (κ3) is 6.44. The van der Waals surface area contributed by atoms with Crippen LogP contribution in [0.5, 0.6) is 5.75 Å². The summed E-state index contributed by atoms with van der Waals surface area (Å²) in [6.07, 6.45) is 2.49. The van der Waals surface area contributed by atoms with Crippen molar-refractivity contribution in [2.75, 3.05) is 39.0 Å². The lowest BCUT2D eigenvalue weighted by atomic mass is 10.1. The zero-order chi connectivity index (χ0) is 18.8. The van der Waals surface area contributed by atoms with Gasteiger partial charge in [-0.15, -0.1) is 0 Å². The molecule has 144 valence electrons. The topological polar surface area (TPSA) is 74.8 Å². The molecule has 1 aromatic carbocycles. The number of methoxy groups -OCH3 is 1. The Hall–Kier alpha value is -1.89. The number of aliphatic imine (C=N–C) groups is 1. The van der Waals surface area contributed by atoms with E-state index in [1.54, 1.807) is 19.2 Å². The second kappa shape index (κ2) is 10.3. The zero-order valence-corrected chi connectivity index (χ0v) is 16.7. The van der Waals surface area contributed by atoms with Gasteiger partial charge < -0.3 is 20.7 Å². The molecule has 6 nitrogen and oxygen atoms in total. The van der Waals surface area contributed by atoms with Gasteiger partial charge in [0, 0.05) is 29.9 Å². The molecular weight excluding hydrogens is 348 g/mol. The summed E-state index contributed by atoms with van der Waals surface area (Å²) in [5, 5.41) is 9.45. The van der Waals surface area contributed by atoms with Gasteiger partial charge in [-0.05, 0) is 50.6 Å². The van der Waals surface area contributed by atoms with Crippen LogP contribution in [0, 0.1) is 0 Å². The minimum atomic E-state index is -0.109. The fourth-order valence-electron chi connectivity index (χ4n) is 2.77. The van der Waals surface area contributed by atoms with Crippen molar-refractivity contribution in [3.63, 3.8) is 0 Å². The first-order valence-electron chi connectivity index (χ1n) is 9.15. The number of carbonyl (C=O) groups excluding carboxylic acids is 1. The third-order valence-electron chi connectivity index (χ3n) is 4.25. The van der Waals surface area contributed by atoms with E-state index in [9.17, 15) is 4.79 Å². The first kappa shape index (κ1) is 20.4. The third-order valence-corrected chi connectivity index (χ3v) is 5.77. The van der Waals surface area contributed by atoms with Crippen molar-refractivity contribution in [3.05, 3.63) is 29.8 Å². The van der Waals surface area contributed by atoms with Gasteiger partial charge in [0.2, 0.25) is 0 Å². The highest BCUT2D eigenvalue weighted by molar-refractivity contribution is 8.00. The van der Waals surface area contributed by atoms with Gasteiger partial charge in [0.15, 0.2) is 5.96 Å². The number of guanidine groups is 1. The van der Waals surface area contributed by atoms with Crippen molar-refractivity contribution < 1.29 is 9.53 Å². The second-order valence-electron chi connectivity index (χ2n) is 6.51. The number of thioether (sulfide) groups is 1. The summed E-state index contributed by atoms with van der Waals surface area (Å²) in [5.41, 5.74) is 0.594. The second-order valence-corrected chi connectivity index (χ2v) is 8.19. The molecule has 0 aromatic heterocycles. The standard InChI is InChI=1S/C19H30N4O2S/c1-4-20-18(23-14-19(2)9-6-12-26-19)22-11-10-21-17(24)15-7-5-8-16(13-15)25-3/h5,7-8,13H,4,6,9-12,14H2,1-3H3,(H,21,24)(H2,20,22,23). The van der Waals surface area contributed by atoms with E-state index in [2.05, 4.69) is 22.9 Å². The van der Waals surface area contributed by atoms with Gasteiger partial charge in [-0.1, -0.05) is 6.07 Å². The maximum Gasteiger partial charge on any atom is 0.251 e. The van der Waals surface area contributed by atoms with E-state index < -0.39 is 0 Å². The van der Waals surface area contributed by atoms with E-state index in [-0.39, 0.29) is 10.7 Å². The van der Waals surface area contributed by atoms with Crippen LogP contribution in [-0.2, 0) is 0 Å². The van der Waals surface area contributed by atoms with Crippen molar-refractivity contribution in [2.24, 2.45) is 4.99 Å². The highest BCUT2D eigenvalue weighted by atomic mass is 32.2. The van der Waals surface area contributed by atoms with Crippen molar-refractivity contribution >= 4 is 23.6 Å². The lowest BCUT2D eigenvalue weighted by Gasteiger charge is -2.21. The molecule has 1 amide bonds. The molecule has 1 unspecified atom stereocenters. The van der Waals surface area contributed by atoms with E-state index >= 15 is 0 Å². The Bertz CT molecular complexity index is 615. The number of benzene rings is 1. The van der Waals surface area contributed by atoms with E-state index in [1.807, 2.05) is 30.8 Å². The van der Waals surface area contributed by atoms with E-state index in [4.69, 9.17) is 9.73 Å². The van der Waals surface area contributed by atoms with Crippen LogP contribution in [0.1, 0.15) is 37.0 Å². The van der Waals surface area contributed by atoms with Gasteiger partial charge in [-0.2, -0.15) is 11.8 Å². The Morgan fingerprint density at radius 3 is 2.81 bits per heavy atom. The molecule has 2 rings (SSSR count). The molecule has 0 aliphatic carbocycles. The van der Waals surface area contributed by atoms with Gasteiger partial charge in [0.05, 0.1) is 13.7 Å². The number of nitrogens with one attached hydrogen (secondary N) is 3. The highest BCUT2D eigenvalue weighted by Crippen LogP contribution is 2.37. The quantitative estimate of drug-likeness (QED) is 0.368. The molecule has 1 aromatic rings. The highest BCUT2D eigenvalue weighted by Gasteiger charge is 2.29. The molecule has 1 saturated heterocycles. The average Bonchev–Trinajstić information content (AvgIpc) is 3.09. The lowest BCUT2D eigenvalue weighted by Crippen LogP contribution is -2.42. The largest absolute Gasteiger partial charge is 0.497 e. The summed E-state index contributed by atoms with van der Waals surface area (Å²) in [6.45, 7) is 7.09. The molecule has 1 aliphatic rings. The molecule has 1 atom stereocenters. The lowest BCUT2D eigenvalue weighted by molar-refractivity contribution is 0.0954. The van der Waals surface area contributed by atoms with Crippen molar-refractivity contribution in [1.29, 1.82) is 0 Å². The summed E-state index contributed by atoms with van der Waals surface area (Å²) in [5.74, 6) is 2.60. The van der Waals surface area contributed by atoms with E-state index in [1.165, 1.54) is 18.6 Å². The minimum absolute atomic E-state index is 0.109. The minimum Gasteiger partial charge on any atom is -0.497 e. The molecule has 1 heterocycles. The molecule has 0 saturated carbocycles. The van der Waals surface area contributed by atoms with Gasteiger partial charge in [-0.3, -0.25) is 9.79 Å². The summed E-state index contributed by atoms with van der Waals surface area (Å²) in [4.78, 5) is 16.9. The Balaban J connectivity index is 1.77. The Morgan fingerprint density at radius 1 is 1.31 bits per heavy atom. The number of nitrogens with zero attached hydrogens (tertiary/aromatic N) is 1. The van der Waals surface area contributed by atoms with Crippen LogP contribution in [0.25, 0.3) is 0 Å². The van der Waals surface area contributed by atoms with Gasteiger partial charge in [-0.25, -0.2) is 0 Å². The summed E-state index contributed by atoms with van der Waals surface area (Å²) < 4.78 is 5.40. The summed E-state index contributed by atoms with van der Waals surface area (Å²) in [6, 6.07) is 7.13. The van der Waals surface area contributed by atoms with Gasteiger partial charge in [0.1, 0.15) is 5.75 Å². The molecule has 0 spiro atoms. The molecule has 1 aliphatic heterocycles. The van der Waals surface area contributed by atoms with Gasteiger partial charge >= 0.3 is 0 Å². The molecule has 3 N–H and O–H groups in total. The van der Waals surface area contributed by atoms with Crippen LogP contribution in [0.15, 0.2) is 29.3 Å². The first-order chi connectivity index (χ1) is 12.6. The molecular formula is C19H30N4O2S. The van der Waals surface area contributed by atoms with E-state index in [0.29, 0.717) is 24.4 Å². The molecule has 1 fully saturated rings. The zero-order valence-electron chi connectivity index (χ0n) is 15.9. The average molecular weight is 379 g/mol. The van der Waals surface area contributed by atoms with Crippen LogP contribution < -0.4 is 20.7 Å². The van der Waals surface area contributed by atoms with Crippen molar-refractivity contribution in [1.82, 2.24) is 16.0 Å². The molecule has 0 bridgehead atoms. The predicted octanol–water partition coefficient (Wildman–Crippen LogP) is 2.27. The Kier molecular flexibility index (Phi) is 8.09. The Labute approximate surface area is 160 Å². The monoisotopic (exact) mass is 378 g/mol. The smallest absolute Gasteiger partial charge is 0.251 e. The van der Waals surface area contributed by atoms with Crippen LogP contribution in [0.3, 0.4) is 0 Å². The van der Waals surface area contributed by atoms with Crippen molar-refractivity contribution in [3.8, 4) is 5.75 Å². The summed E-state index contributed by atoms with van der Waals surface area (Å²) >= 11 is 2.01. The maximum atomic E-state index is 12.2. The normalized spacial score (nSPS) is 19.9. The Morgan fingerprint density at radius 2 is 2.12 bits per heavy atom. The number of rotatable bonds is 8. The number of ether oxygens (including phenoxy) is 1. The molecule has 7 heteroatoms. The number of carbonyl (C=O) groups is 1. The van der Waals surface area contributed by atoms with Crippen LogP contribution in [0.4, 0.5) is 0 Å². The van der Waals surface area contributed by atoms with E-state index in [0.717, 1.165) is 19.0 Å². The maximum absolute atomic E-state index is 12.2. The number of amides is 1. The van der Waals surface area contributed by atoms with Crippen LogP contribution in [0.2, 0.25) is 0 Å². The SMILES string of the molecule is CCNC(=NCC1(C)CCCS1)NCCNC(=O)c1cccc(OC)c1. The number of hydrogen-bond acceptors (Lipinski definition) is 4. The van der Waals surface area contributed by atoms with Crippen molar-refractivity contribution in [2.45, 2.75) is 31.4 Å². The number of hydrogen-bond donors (Lipinski definition) is 3. The molecule has 26 heavy (non-hydrogen) atoms. The first-order valence-corrected chi connectivity index (χ1v) is 10.1. The van der Waals surface area contributed by atoms with Crippen LogP contribution in [-0.4, -0.2) is 55.7 Å². The van der Waals surface area contributed by atoms with Crippen LogP contribution >= 0.6 is 11.8 Å².